The van der Waals surface area contributed by atoms with E-state index < -0.39 is 27.5 Å². The van der Waals surface area contributed by atoms with Crippen LogP contribution in [0.3, 0.4) is 0 Å². The Hall–Kier alpha value is -2.47. The second-order valence-corrected chi connectivity index (χ2v) is 11.0. The molecule has 0 unspecified atom stereocenters. The van der Waals surface area contributed by atoms with Crippen LogP contribution in [0.15, 0.2) is 30.3 Å². The number of piperidine rings is 1. The third-order valence-electron chi connectivity index (χ3n) is 5.45. The Kier molecular flexibility index (Phi) is 6.90. The summed E-state index contributed by atoms with van der Waals surface area (Å²) < 4.78 is 76.6. The van der Waals surface area contributed by atoms with Gasteiger partial charge in [-0.3, -0.25) is 9.48 Å². The zero-order valence-corrected chi connectivity index (χ0v) is 19.3. The lowest BCUT2D eigenvalue weighted by Gasteiger charge is -2.31. The van der Waals surface area contributed by atoms with E-state index in [1.165, 1.54) is 16.8 Å². The van der Waals surface area contributed by atoms with Crippen molar-refractivity contribution in [2.24, 2.45) is 0 Å². The van der Waals surface area contributed by atoms with E-state index in [4.69, 9.17) is 0 Å². The van der Waals surface area contributed by atoms with Crippen molar-refractivity contribution in [1.82, 2.24) is 19.4 Å². The zero-order chi connectivity index (χ0) is 24.6. The number of sulfonamides is 1. The standard InChI is InChI=1S/C21H26F4N4O3S/c1-20(2,3)18-12-17(29(27-18)13-14-4-6-15(22)7-5-14)19(30)26-16-8-10-28(11-9-16)33(31,32)21(23,24)25/h4-7,12,16H,8-11,13H2,1-3H3,(H,26,30). The van der Waals surface area contributed by atoms with E-state index in [0.29, 0.717) is 10.00 Å². The molecule has 12 heteroatoms. The van der Waals surface area contributed by atoms with E-state index in [2.05, 4.69) is 10.4 Å². The highest BCUT2D eigenvalue weighted by Crippen LogP contribution is 2.29. The van der Waals surface area contributed by atoms with Crippen LogP contribution in [0.25, 0.3) is 0 Å². The molecule has 2 aromatic rings. The van der Waals surface area contributed by atoms with Crippen molar-refractivity contribution >= 4 is 15.9 Å². The van der Waals surface area contributed by atoms with E-state index in [1.54, 1.807) is 18.2 Å². The summed E-state index contributed by atoms with van der Waals surface area (Å²) in [5.74, 6) is -0.844. The van der Waals surface area contributed by atoms with E-state index in [-0.39, 0.29) is 49.4 Å². The Balaban J connectivity index is 1.74. The summed E-state index contributed by atoms with van der Waals surface area (Å²) in [7, 11) is -5.38. The van der Waals surface area contributed by atoms with Gasteiger partial charge in [-0.25, -0.2) is 12.8 Å². The number of aromatic nitrogens is 2. The lowest BCUT2D eigenvalue weighted by molar-refractivity contribution is -0.0495. The maximum absolute atomic E-state index is 13.2. The highest BCUT2D eigenvalue weighted by molar-refractivity contribution is 7.90. The Morgan fingerprint density at radius 2 is 1.70 bits per heavy atom. The number of hydrogen-bond acceptors (Lipinski definition) is 4. The second kappa shape index (κ2) is 9.05. The first-order valence-corrected chi connectivity index (χ1v) is 11.8. The molecule has 0 aliphatic carbocycles. The normalized spacial score (nSPS) is 16.7. The average molecular weight is 491 g/mol. The molecule has 0 atom stereocenters. The van der Waals surface area contributed by atoms with Crippen molar-refractivity contribution in [3.05, 3.63) is 53.1 Å². The Bertz CT molecular complexity index is 1100. The van der Waals surface area contributed by atoms with Crippen LogP contribution in [0.1, 0.15) is 55.4 Å². The maximum Gasteiger partial charge on any atom is 0.511 e. The van der Waals surface area contributed by atoms with E-state index >= 15 is 0 Å². The van der Waals surface area contributed by atoms with Gasteiger partial charge in [0.1, 0.15) is 11.5 Å². The van der Waals surface area contributed by atoms with Crippen molar-refractivity contribution < 1.29 is 30.8 Å². The average Bonchev–Trinajstić information content (AvgIpc) is 3.14. The summed E-state index contributed by atoms with van der Waals surface area (Å²) in [6, 6.07) is 6.98. The van der Waals surface area contributed by atoms with Gasteiger partial charge in [-0.15, -0.1) is 0 Å². The van der Waals surface area contributed by atoms with Crippen LogP contribution in [-0.4, -0.2) is 53.1 Å². The summed E-state index contributed by atoms with van der Waals surface area (Å²) in [5.41, 5.74) is -4.03. The number of nitrogens with zero attached hydrogens (tertiary/aromatic N) is 3. The van der Waals surface area contributed by atoms with Crippen molar-refractivity contribution in [2.45, 2.75) is 57.1 Å². The number of halogens is 4. The highest BCUT2D eigenvalue weighted by atomic mass is 32.2. The molecule has 1 aromatic heterocycles. The zero-order valence-electron chi connectivity index (χ0n) is 18.5. The van der Waals surface area contributed by atoms with Gasteiger partial charge >= 0.3 is 15.5 Å². The van der Waals surface area contributed by atoms with Gasteiger partial charge in [0.05, 0.1) is 12.2 Å². The largest absolute Gasteiger partial charge is 0.511 e. The maximum atomic E-state index is 13.2. The summed E-state index contributed by atoms with van der Waals surface area (Å²) in [4.78, 5) is 13.0. The molecule has 1 aromatic carbocycles. The first kappa shape index (κ1) is 25.2. The number of amides is 1. The number of nitrogens with one attached hydrogen (secondary N) is 1. The third kappa shape index (κ3) is 5.72. The minimum Gasteiger partial charge on any atom is -0.348 e. The molecular weight excluding hydrogens is 464 g/mol. The van der Waals surface area contributed by atoms with Gasteiger partial charge in [0.25, 0.3) is 5.91 Å². The molecule has 1 amide bonds. The minimum atomic E-state index is -5.38. The van der Waals surface area contributed by atoms with Crippen molar-refractivity contribution in [3.63, 3.8) is 0 Å². The van der Waals surface area contributed by atoms with Crippen LogP contribution < -0.4 is 5.32 Å². The van der Waals surface area contributed by atoms with E-state index in [9.17, 15) is 30.8 Å². The molecule has 33 heavy (non-hydrogen) atoms. The Morgan fingerprint density at radius 1 is 1.12 bits per heavy atom. The number of rotatable bonds is 5. The molecular formula is C21H26F4N4O3S. The summed E-state index contributed by atoms with van der Waals surface area (Å²) in [6.07, 6.45) is 0.110. The summed E-state index contributed by atoms with van der Waals surface area (Å²) in [6.45, 7) is 5.37. The molecule has 1 N–H and O–H groups in total. The topological polar surface area (TPSA) is 84.3 Å². The fraction of sp³-hybridized carbons (Fsp3) is 0.524. The Morgan fingerprint density at radius 3 is 2.21 bits per heavy atom. The molecule has 1 saturated heterocycles. The van der Waals surface area contributed by atoms with Crippen molar-refractivity contribution in [3.8, 4) is 0 Å². The number of hydrogen-bond donors (Lipinski definition) is 1. The van der Waals surface area contributed by atoms with Crippen LogP contribution in [0.2, 0.25) is 0 Å². The first-order valence-electron chi connectivity index (χ1n) is 10.4. The van der Waals surface area contributed by atoms with Gasteiger partial charge in [-0.2, -0.15) is 22.6 Å². The number of alkyl halides is 3. The predicted octanol–water partition coefficient (Wildman–Crippen LogP) is 3.41. The quantitative estimate of drug-likeness (QED) is 0.651. The van der Waals surface area contributed by atoms with Gasteiger partial charge in [0.15, 0.2) is 0 Å². The van der Waals surface area contributed by atoms with Crippen LogP contribution in [0.4, 0.5) is 17.6 Å². The molecule has 182 valence electrons. The Labute approximate surface area is 189 Å². The summed E-state index contributed by atoms with van der Waals surface area (Å²) >= 11 is 0. The second-order valence-electron chi connectivity index (χ2n) is 9.05. The van der Waals surface area contributed by atoms with Crippen molar-refractivity contribution in [1.29, 1.82) is 0 Å². The number of carbonyl (C=O) groups is 1. The van der Waals surface area contributed by atoms with Gasteiger partial charge in [-0.1, -0.05) is 32.9 Å². The molecule has 0 saturated carbocycles. The van der Waals surface area contributed by atoms with Gasteiger partial charge < -0.3 is 5.32 Å². The van der Waals surface area contributed by atoms with E-state index in [1.807, 2.05) is 20.8 Å². The SMILES string of the molecule is CC(C)(C)c1cc(C(=O)NC2CCN(S(=O)(=O)C(F)(F)F)CC2)n(Cc2ccc(F)cc2)n1. The summed E-state index contributed by atoms with van der Waals surface area (Å²) in [5, 5.41) is 7.32. The van der Waals surface area contributed by atoms with Crippen LogP contribution in [0.5, 0.6) is 0 Å². The third-order valence-corrected chi connectivity index (χ3v) is 7.08. The monoisotopic (exact) mass is 490 g/mol. The molecule has 0 radical (unpaired) electrons. The molecule has 0 bridgehead atoms. The molecule has 1 fully saturated rings. The van der Waals surface area contributed by atoms with Gasteiger partial charge in [0, 0.05) is 24.5 Å². The van der Waals surface area contributed by atoms with Crippen molar-refractivity contribution in [2.75, 3.05) is 13.1 Å². The fourth-order valence-electron chi connectivity index (χ4n) is 3.50. The highest BCUT2D eigenvalue weighted by Gasteiger charge is 2.50. The minimum absolute atomic E-state index is 0.0548. The lowest BCUT2D eigenvalue weighted by Crippen LogP contribution is -2.49. The van der Waals surface area contributed by atoms with Gasteiger partial charge in [0.2, 0.25) is 0 Å². The van der Waals surface area contributed by atoms with Crippen LogP contribution in [-0.2, 0) is 22.0 Å². The molecule has 2 heterocycles. The number of benzene rings is 1. The van der Waals surface area contributed by atoms with Crippen LogP contribution >= 0.6 is 0 Å². The molecule has 1 aliphatic heterocycles. The lowest BCUT2D eigenvalue weighted by atomic mass is 9.92. The predicted molar refractivity (Wildman–Crippen MR) is 113 cm³/mol. The molecule has 3 rings (SSSR count). The molecule has 0 spiro atoms. The first-order chi connectivity index (χ1) is 15.2. The molecule has 7 nitrogen and oxygen atoms in total. The fourth-order valence-corrected chi connectivity index (χ4v) is 4.48. The van der Waals surface area contributed by atoms with E-state index in [0.717, 1.165) is 5.56 Å². The number of carbonyl (C=O) groups excluding carboxylic acids is 1. The smallest absolute Gasteiger partial charge is 0.348 e. The molecule has 1 aliphatic rings. The van der Waals surface area contributed by atoms with Crippen LogP contribution in [0, 0.1) is 5.82 Å². The van der Waals surface area contributed by atoms with Gasteiger partial charge in [-0.05, 0) is 36.6 Å².